The first-order valence-electron chi connectivity index (χ1n) is 6.25. The Balaban J connectivity index is 2.03. The molecule has 3 aromatic rings. The molecule has 3 rings (SSSR count). The lowest BCUT2D eigenvalue weighted by molar-refractivity contribution is 0.259. The summed E-state index contributed by atoms with van der Waals surface area (Å²) in [7, 11) is 0. The third-order valence-corrected chi connectivity index (χ3v) is 3.03. The maximum absolute atomic E-state index is 10.8. The molecule has 4 nitrogen and oxygen atoms in total. The number of amides is 2. The van der Waals surface area contributed by atoms with Crippen molar-refractivity contribution < 1.29 is 4.79 Å². The summed E-state index contributed by atoms with van der Waals surface area (Å²) in [5, 5.41) is 3.51. The Morgan fingerprint density at radius 1 is 1.00 bits per heavy atom. The molecular weight excluding hydrogens is 250 g/mol. The van der Waals surface area contributed by atoms with Gasteiger partial charge >= 0.3 is 6.03 Å². The first kappa shape index (κ1) is 12.2. The molecule has 3 N–H and O–H groups in total. The number of benzene rings is 2. The van der Waals surface area contributed by atoms with Crippen LogP contribution in [0.1, 0.15) is 0 Å². The molecule has 20 heavy (non-hydrogen) atoms. The van der Waals surface area contributed by atoms with E-state index in [-0.39, 0.29) is 0 Å². The van der Waals surface area contributed by atoms with Gasteiger partial charge in [-0.2, -0.15) is 0 Å². The molecule has 0 saturated carbocycles. The quantitative estimate of drug-likeness (QED) is 0.744. The molecule has 0 saturated heterocycles. The van der Waals surface area contributed by atoms with Crippen molar-refractivity contribution in [3.8, 4) is 11.3 Å². The van der Waals surface area contributed by atoms with Crippen molar-refractivity contribution in [2.24, 2.45) is 5.73 Å². The normalized spacial score (nSPS) is 10.4. The van der Waals surface area contributed by atoms with Crippen LogP contribution in [0.2, 0.25) is 0 Å². The maximum atomic E-state index is 10.8. The van der Waals surface area contributed by atoms with E-state index in [1.54, 1.807) is 6.07 Å². The van der Waals surface area contributed by atoms with Gasteiger partial charge in [0.2, 0.25) is 0 Å². The molecule has 1 heterocycles. The number of anilines is 1. The number of hydrogen-bond acceptors (Lipinski definition) is 2. The average Bonchev–Trinajstić information content (AvgIpc) is 2.47. The number of pyridine rings is 1. The molecule has 0 aliphatic carbocycles. The van der Waals surface area contributed by atoms with Crippen molar-refractivity contribution in [3.63, 3.8) is 0 Å². The summed E-state index contributed by atoms with van der Waals surface area (Å²) in [6, 6.07) is 18.9. The largest absolute Gasteiger partial charge is 0.351 e. The summed E-state index contributed by atoms with van der Waals surface area (Å²) < 4.78 is 0. The zero-order chi connectivity index (χ0) is 13.9. The van der Waals surface area contributed by atoms with Crippen molar-refractivity contribution in [1.82, 2.24) is 4.98 Å². The number of aromatic nitrogens is 1. The van der Waals surface area contributed by atoms with Gasteiger partial charge in [-0.25, -0.2) is 9.78 Å². The van der Waals surface area contributed by atoms with Crippen LogP contribution in [-0.2, 0) is 0 Å². The van der Waals surface area contributed by atoms with Gasteiger partial charge in [-0.15, -0.1) is 0 Å². The number of carbonyl (C=O) groups excluding carboxylic acids is 1. The van der Waals surface area contributed by atoms with Gasteiger partial charge in [0.25, 0.3) is 0 Å². The van der Waals surface area contributed by atoms with Crippen molar-refractivity contribution in [2.45, 2.75) is 0 Å². The molecule has 0 aliphatic heterocycles. The van der Waals surface area contributed by atoms with E-state index in [0.29, 0.717) is 5.69 Å². The lowest BCUT2D eigenvalue weighted by atomic mass is 10.1. The Labute approximate surface area is 116 Å². The molecule has 98 valence electrons. The monoisotopic (exact) mass is 263 g/mol. The van der Waals surface area contributed by atoms with Crippen LogP contribution in [0.25, 0.3) is 22.2 Å². The fourth-order valence-electron chi connectivity index (χ4n) is 2.12. The van der Waals surface area contributed by atoms with Gasteiger partial charge in [0, 0.05) is 16.6 Å². The predicted octanol–water partition coefficient (Wildman–Crippen LogP) is 3.39. The number of urea groups is 1. The fourth-order valence-corrected chi connectivity index (χ4v) is 2.12. The summed E-state index contributed by atoms with van der Waals surface area (Å²) in [6.07, 6.45) is 0. The number of hydrogen-bond donors (Lipinski definition) is 2. The number of nitrogens with one attached hydrogen (secondary N) is 1. The summed E-state index contributed by atoms with van der Waals surface area (Å²) in [5.74, 6) is 0. The van der Waals surface area contributed by atoms with Crippen LogP contribution in [0, 0.1) is 0 Å². The highest BCUT2D eigenvalue weighted by molar-refractivity contribution is 5.92. The van der Waals surface area contributed by atoms with Gasteiger partial charge < -0.3 is 11.1 Å². The van der Waals surface area contributed by atoms with Crippen LogP contribution in [0.3, 0.4) is 0 Å². The second-order valence-electron chi connectivity index (χ2n) is 4.46. The molecule has 0 aliphatic rings. The average molecular weight is 263 g/mol. The van der Waals surface area contributed by atoms with Gasteiger partial charge in [-0.05, 0) is 24.3 Å². The van der Waals surface area contributed by atoms with Crippen molar-refractivity contribution in [1.29, 1.82) is 0 Å². The Hall–Kier alpha value is -2.88. The van der Waals surface area contributed by atoms with E-state index >= 15 is 0 Å². The molecule has 4 heteroatoms. The lowest BCUT2D eigenvalue weighted by Gasteiger charge is -2.06. The summed E-state index contributed by atoms with van der Waals surface area (Å²) in [4.78, 5) is 15.5. The first-order valence-corrected chi connectivity index (χ1v) is 6.25. The third kappa shape index (κ3) is 2.44. The van der Waals surface area contributed by atoms with Gasteiger partial charge in [-0.3, -0.25) is 0 Å². The minimum atomic E-state index is -0.571. The smallest absolute Gasteiger partial charge is 0.316 e. The molecule has 0 unspecified atom stereocenters. The number of primary amides is 1. The van der Waals surface area contributed by atoms with Gasteiger partial charge in [0.05, 0.1) is 11.2 Å². The Bertz CT molecular complexity index is 769. The van der Waals surface area contributed by atoms with E-state index in [0.717, 1.165) is 22.2 Å². The second-order valence-corrected chi connectivity index (χ2v) is 4.46. The van der Waals surface area contributed by atoms with E-state index < -0.39 is 6.03 Å². The van der Waals surface area contributed by atoms with E-state index in [1.807, 2.05) is 54.6 Å². The van der Waals surface area contributed by atoms with Crippen LogP contribution in [0.5, 0.6) is 0 Å². The number of rotatable bonds is 2. The Morgan fingerprint density at radius 2 is 1.80 bits per heavy atom. The van der Waals surface area contributed by atoms with Crippen LogP contribution >= 0.6 is 0 Å². The van der Waals surface area contributed by atoms with Crippen LogP contribution in [0.4, 0.5) is 10.5 Å². The highest BCUT2D eigenvalue weighted by Crippen LogP contribution is 2.22. The lowest BCUT2D eigenvalue weighted by Crippen LogP contribution is -2.19. The Morgan fingerprint density at radius 3 is 2.55 bits per heavy atom. The topological polar surface area (TPSA) is 68.0 Å². The highest BCUT2D eigenvalue weighted by atomic mass is 16.2. The van der Waals surface area contributed by atoms with Crippen LogP contribution < -0.4 is 11.1 Å². The van der Waals surface area contributed by atoms with Gasteiger partial charge in [-0.1, -0.05) is 36.4 Å². The fraction of sp³-hybridized carbons (Fsp3) is 0. The number of nitrogens with zero attached hydrogens (tertiary/aromatic N) is 1. The minimum Gasteiger partial charge on any atom is -0.351 e. The number of nitrogens with two attached hydrogens (primary N) is 1. The predicted molar refractivity (Wildman–Crippen MR) is 80.4 cm³/mol. The minimum absolute atomic E-state index is 0.571. The molecule has 2 aromatic carbocycles. The van der Waals surface area contributed by atoms with E-state index in [1.165, 1.54) is 0 Å². The molecule has 2 amide bonds. The van der Waals surface area contributed by atoms with Crippen LogP contribution in [-0.4, -0.2) is 11.0 Å². The summed E-state index contributed by atoms with van der Waals surface area (Å²) >= 11 is 0. The number of carbonyl (C=O) groups is 1. The third-order valence-electron chi connectivity index (χ3n) is 3.03. The summed E-state index contributed by atoms with van der Waals surface area (Å²) in [5.41, 5.74) is 8.65. The van der Waals surface area contributed by atoms with E-state index in [9.17, 15) is 4.79 Å². The van der Waals surface area contributed by atoms with E-state index in [4.69, 9.17) is 5.73 Å². The van der Waals surface area contributed by atoms with Gasteiger partial charge in [0.1, 0.15) is 0 Å². The number of fused-ring (bicyclic) bond motifs is 1. The zero-order valence-electron chi connectivity index (χ0n) is 10.7. The van der Waals surface area contributed by atoms with Crippen LogP contribution in [0.15, 0.2) is 60.7 Å². The van der Waals surface area contributed by atoms with Crippen molar-refractivity contribution in [3.05, 3.63) is 60.7 Å². The second kappa shape index (κ2) is 5.01. The Kier molecular flexibility index (Phi) is 3.05. The van der Waals surface area contributed by atoms with Crippen molar-refractivity contribution >= 4 is 22.6 Å². The molecule has 0 spiro atoms. The molecular formula is C16H13N3O. The maximum Gasteiger partial charge on any atom is 0.316 e. The molecule has 0 radical (unpaired) electrons. The zero-order valence-corrected chi connectivity index (χ0v) is 10.7. The van der Waals surface area contributed by atoms with E-state index in [2.05, 4.69) is 10.3 Å². The SMILES string of the molecule is NC(=O)Nc1ccc2nc(-c3ccccc3)ccc2c1. The molecule has 1 aromatic heterocycles. The standard InChI is InChI=1S/C16H13N3O/c17-16(20)18-13-7-9-15-12(10-13)6-8-14(19-15)11-4-2-1-3-5-11/h1-10H,(H3,17,18,20). The highest BCUT2D eigenvalue weighted by Gasteiger charge is 2.03. The van der Waals surface area contributed by atoms with Gasteiger partial charge in [0.15, 0.2) is 0 Å². The molecule has 0 bridgehead atoms. The molecule has 0 fully saturated rings. The molecule has 0 atom stereocenters. The summed E-state index contributed by atoms with van der Waals surface area (Å²) in [6.45, 7) is 0. The first-order chi connectivity index (χ1) is 9.72. The van der Waals surface area contributed by atoms with Crippen molar-refractivity contribution in [2.75, 3.05) is 5.32 Å².